The third kappa shape index (κ3) is 3.65. The van der Waals surface area contributed by atoms with Crippen LogP contribution in [0.5, 0.6) is 0 Å². The highest BCUT2D eigenvalue weighted by Crippen LogP contribution is 2.26. The quantitative estimate of drug-likeness (QED) is 0.460. The van der Waals surface area contributed by atoms with Gasteiger partial charge in [0.1, 0.15) is 11.5 Å². The van der Waals surface area contributed by atoms with Gasteiger partial charge >= 0.3 is 5.69 Å². The summed E-state index contributed by atoms with van der Waals surface area (Å²) in [5.41, 5.74) is -0.915. The highest BCUT2D eigenvalue weighted by molar-refractivity contribution is 7.89. The van der Waals surface area contributed by atoms with E-state index in [9.17, 15) is 22.9 Å². The molecule has 3 aromatic rings. The molecule has 0 radical (unpaired) electrons. The summed E-state index contributed by atoms with van der Waals surface area (Å²) < 4.78 is 50.9. The first-order valence-corrected chi connectivity index (χ1v) is 8.81. The molecule has 0 spiro atoms. The lowest BCUT2D eigenvalue weighted by Gasteiger charge is -2.20. The summed E-state index contributed by atoms with van der Waals surface area (Å²) >= 11 is 0. The molecular formula is C16H13FN2O6S. The fraction of sp³-hybridized carbons (Fsp3) is 0.125. The molecular weight excluding hydrogens is 367 g/mol. The van der Waals surface area contributed by atoms with E-state index in [1.807, 2.05) is 0 Å². The summed E-state index contributed by atoms with van der Waals surface area (Å²) in [6.45, 7) is -0.248. The molecule has 0 bridgehead atoms. The van der Waals surface area contributed by atoms with E-state index >= 15 is 0 Å². The number of hydrogen-bond donors (Lipinski definition) is 0. The number of nitrogens with zero attached hydrogens (tertiary/aromatic N) is 2. The summed E-state index contributed by atoms with van der Waals surface area (Å²) in [5.74, 6) is -0.369. The van der Waals surface area contributed by atoms with Crippen molar-refractivity contribution in [2.75, 3.05) is 0 Å². The summed E-state index contributed by atoms with van der Waals surface area (Å²) in [6.07, 6.45) is 2.80. The average Bonchev–Trinajstić information content (AvgIpc) is 3.28. The van der Waals surface area contributed by atoms with Crippen LogP contribution in [0.3, 0.4) is 0 Å². The third-order valence-electron chi connectivity index (χ3n) is 3.58. The summed E-state index contributed by atoms with van der Waals surface area (Å²) in [4.78, 5) is 9.54. The number of hydrogen-bond acceptors (Lipinski definition) is 6. The van der Waals surface area contributed by atoms with Gasteiger partial charge in [-0.15, -0.1) is 0 Å². The van der Waals surface area contributed by atoms with E-state index < -0.39 is 31.3 Å². The molecule has 0 aliphatic rings. The lowest BCUT2D eigenvalue weighted by Crippen LogP contribution is -2.30. The van der Waals surface area contributed by atoms with E-state index in [2.05, 4.69) is 0 Å². The van der Waals surface area contributed by atoms with Crippen LogP contribution >= 0.6 is 0 Å². The van der Waals surface area contributed by atoms with Gasteiger partial charge in [0.05, 0.1) is 35.4 Å². The predicted octanol–water partition coefficient (Wildman–Crippen LogP) is 3.31. The van der Waals surface area contributed by atoms with E-state index in [-0.39, 0.29) is 13.1 Å². The first kappa shape index (κ1) is 17.8. The molecule has 0 N–H and O–H groups in total. The van der Waals surface area contributed by atoms with Crippen molar-refractivity contribution >= 4 is 15.7 Å². The molecule has 2 heterocycles. The second kappa shape index (κ2) is 7.10. The van der Waals surface area contributed by atoms with Crippen LogP contribution in [0.15, 0.2) is 68.7 Å². The number of sulfonamides is 1. The predicted molar refractivity (Wildman–Crippen MR) is 86.9 cm³/mol. The topological polar surface area (TPSA) is 107 Å². The first-order valence-electron chi connectivity index (χ1n) is 7.37. The molecule has 0 unspecified atom stereocenters. The maximum atomic E-state index is 13.5. The normalized spacial score (nSPS) is 11.8. The van der Waals surface area contributed by atoms with E-state index in [1.165, 1.54) is 12.5 Å². The zero-order valence-electron chi connectivity index (χ0n) is 13.2. The molecule has 0 atom stereocenters. The van der Waals surface area contributed by atoms with Crippen LogP contribution in [-0.4, -0.2) is 17.6 Å². The monoisotopic (exact) mass is 380 g/mol. The fourth-order valence-electron chi connectivity index (χ4n) is 2.32. The fourth-order valence-corrected chi connectivity index (χ4v) is 3.71. The molecule has 26 heavy (non-hydrogen) atoms. The SMILES string of the molecule is O=[N+]([O-])c1cc(S(=O)(=O)N(Cc2ccco2)Cc2ccco2)ccc1F. The largest absolute Gasteiger partial charge is 0.468 e. The highest BCUT2D eigenvalue weighted by Gasteiger charge is 2.29. The third-order valence-corrected chi connectivity index (χ3v) is 5.36. The molecule has 10 heteroatoms. The molecule has 1 aromatic carbocycles. The lowest BCUT2D eigenvalue weighted by molar-refractivity contribution is -0.387. The van der Waals surface area contributed by atoms with Crippen LogP contribution in [0.4, 0.5) is 10.1 Å². The molecule has 0 aliphatic heterocycles. The Hall–Kier alpha value is -2.98. The highest BCUT2D eigenvalue weighted by atomic mass is 32.2. The number of rotatable bonds is 7. The summed E-state index contributed by atoms with van der Waals surface area (Å²) in [5, 5.41) is 10.9. The van der Waals surface area contributed by atoms with E-state index in [4.69, 9.17) is 8.83 Å². The van der Waals surface area contributed by atoms with Crippen molar-refractivity contribution in [3.8, 4) is 0 Å². The van der Waals surface area contributed by atoms with Crippen molar-refractivity contribution in [1.82, 2.24) is 4.31 Å². The van der Waals surface area contributed by atoms with Gasteiger partial charge in [0.15, 0.2) is 0 Å². The second-order valence-corrected chi connectivity index (χ2v) is 7.24. The van der Waals surface area contributed by atoms with Crippen LogP contribution < -0.4 is 0 Å². The maximum Gasteiger partial charge on any atom is 0.306 e. The van der Waals surface area contributed by atoms with E-state index in [0.29, 0.717) is 17.6 Å². The van der Waals surface area contributed by atoms with Crippen LogP contribution in [-0.2, 0) is 23.1 Å². The number of nitro groups is 1. The van der Waals surface area contributed by atoms with E-state index in [1.54, 1.807) is 24.3 Å². The Morgan fingerprint density at radius 2 is 1.62 bits per heavy atom. The lowest BCUT2D eigenvalue weighted by atomic mass is 10.3. The second-order valence-electron chi connectivity index (χ2n) is 5.30. The standard InChI is InChI=1S/C16H13FN2O6S/c17-15-6-5-14(9-16(15)19(20)21)26(22,23)18(10-12-3-1-7-24-12)11-13-4-2-8-25-13/h1-9H,10-11H2. The van der Waals surface area contributed by atoms with Gasteiger partial charge in [-0.25, -0.2) is 8.42 Å². The smallest absolute Gasteiger partial charge is 0.306 e. The molecule has 0 saturated carbocycles. The number of halogens is 1. The van der Waals surface area contributed by atoms with Crippen molar-refractivity contribution < 1.29 is 26.6 Å². The molecule has 136 valence electrons. The molecule has 0 saturated heterocycles. The van der Waals surface area contributed by atoms with Crippen molar-refractivity contribution in [3.05, 3.63) is 82.4 Å². The Balaban J connectivity index is 2.00. The van der Waals surface area contributed by atoms with Crippen molar-refractivity contribution in [3.63, 3.8) is 0 Å². The zero-order chi connectivity index (χ0) is 18.7. The maximum absolute atomic E-state index is 13.5. The first-order chi connectivity index (χ1) is 12.4. The Kier molecular flexibility index (Phi) is 4.87. The van der Waals surface area contributed by atoms with Gasteiger partial charge in [-0.1, -0.05) is 0 Å². The van der Waals surface area contributed by atoms with Crippen molar-refractivity contribution in [2.24, 2.45) is 0 Å². The molecule has 3 rings (SSSR count). The van der Waals surface area contributed by atoms with Crippen molar-refractivity contribution in [1.29, 1.82) is 0 Å². The van der Waals surface area contributed by atoms with Crippen LogP contribution in [0.2, 0.25) is 0 Å². The van der Waals surface area contributed by atoms with Gasteiger partial charge < -0.3 is 8.83 Å². The van der Waals surface area contributed by atoms with Gasteiger partial charge in [0, 0.05) is 6.07 Å². The summed E-state index contributed by atoms with van der Waals surface area (Å²) in [7, 11) is -4.18. The number of furan rings is 2. The van der Waals surface area contributed by atoms with Gasteiger partial charge in [0.2, 0.25) is 15.8 Å². The molecule has 0 aliphatic carbocycles. The molecule has 2 aromatic heterocycles. The number of nitro benzene ring substituents is 1. The molecule has 0 amide bonds. The van der Waals surface area contributed by atoms with Crippen molar-refractivity contribution in [2.45, 2.75) is 18.0 Å². The van der Waals surface area contributed by atoms with E-state index in [0.717, 1.165) is 16.4 Å². The Morgan fingerprint density at radius 3 is 2.08 bits per heavy atom. The van der Waals surface area contributed by atoms with Gasteiger partial charge in [0.25, 0.3) is 0 Å². The minimum absolute atomic E-state index is 0.124. The zero-order valence-corrected chi connectivity index (χ0v) is 14.1. The minimum atomic E-state index is -4.18. The van der Waals surface area contributed by atoms with Gasteiger partial charge in [-0.2, -0.15) is 8.70 Å². The minimum Gasteiger partial charge on any atom is -0.468 e. The number of benzene rings is 1. The average molecular weight is 380 g/mol. The Labute approximate surface area is 147 Å². The summed E-state index contributed by atoms with van der Waals surface area (Å²) in [6, 6.07) is 8.83. The van der Waals surface area contributed by atoms with Crippen LogP contribution in [0.25, 0.3) is 0 Å². The van der Waals surface area contributed by atoms with Gasteiger partial charge in [-0.3, -0.25) is 10.1 Å². The Bertz CT molecular complexity index is 963. The Morgan fingerprint density at radius 1 is 1.04 bits per heavy atom. The molecule has 0 fully saturated rings. The van der Waals surface area contributed by atoms with Crippen LogP contribution in [0, 0.1) is 15.9 Å². The van der Waals surface area contributed by atoms with Crippen LogP contribution in [0.1, 0.15) is 11.5 Å². The van der Waals surface area contributed by atoms with Gasteiger partial charge in [-0.05, 0) is 36.4 Å². The molecule has 8 nitrogen and oxygen atoms in total.